The molecule has 1 fully saturated rings. The summed E-state index contributed by atoms with van der Waals surface area (Å²) in [4.78, 5) is 25.1. The van der Waals surface area contributed by atoms with E-state index in [0.29, 0.717) is 19.4 Å². The molecule has 0 radical (unpaired) electrons. The number of piperidine rings is 1. The fraction of sp³-hybridized carbons (Fsp3) is 0.500. The number of nitrogens with zero attached hydrogens (tertiary/aromatic N) is 1. The molecule has 2 unspecified atom stereocenters. The van der Waals surface area contributed by atoms with Crippen LogP contribution in [0.15, 0.2) is 18.2 Å². The predicted molar refractivity (Wildman–Crippen MR) is 81.5 cm³/mol. The predicted octanol–water partition coefficient (Wildman–Crippen LogP) is 3.02. The van der Waals surface area contributed by atoms with Crippen LogP contribution in [-0.2, 0) is 4.79 Å². The van der Waals surface area contributed by atoms with Crippen molar-refractivity contribution >= 4 is 17.7 Å². The van der Waals surface area contributed by atoms with E-state index in [-0.39, 0.29) is 18.0 Å². The van der Waals surface area contributed by atoms with Gasteiger partial charge in [0.15, 0.2) is 0 Å². The minimum absolute atomic E-state index is 0.0648. The van der Waals surface area contributed by atoms with Crippen LogP contribution >= 0.6 is 0 Å². The van der Waals surface area contributed by atoms with Crippen LogP contribution < -0.4 is 5.32 Å². The number of carboxylic acids is 1. The molecule has 1 saturated heterocycles. The summed E-state index contributed by atoms with van der Waals surface area (Å²) in [5, 5.41) is 12.0. The number of anilines is 1. The average molecular weight is 290 g/mol. The summed E-state index contributed by atoms with van der Waals surface area (Å²) in [5.41, 5.74) is 2.92. The molecule has 5 nitrogen and oxygen atoms in total. The molecular formula is C16H22N2O3. The van der Waals surface area contributed by atoms with Crippen LogP contribution in [0.1, 0.15) is 30.9 Å². The minimum Gasteiger partial charge on any atom is -0.481 e. The van der Waals surface area contributed by atoms with Crippen molar-refractivity contribution in [1.82, 2.24) is 4.90 Å². The highest BCUT2D eigenvalue weighted by molar-refractivity contribution is 5.90. The Bertz CT molecular complexity index is 556. The quantitative estimate of drug-likeness (QED) is 0.879. The first-order valence-electron chi connectivity index (χ1n) is 7.26. The Kier molecular flexibility index (Phi) is 4.50. The van der Waals surface area contributed by atoms with Crippen LogP contribution in [-0.4, -0.2) is 34.6 Å². The second kappa shape index (κ2) is 6.16. The molecule has 2 atom stereocenters. The molecule has 0 spiro atoms. The van der Waals surface area contributed by atoms with E-state index in [2.05, 4.69) is 5.32 Å². The largest absolute Gasteiger partial charge is 0.481 e. The van der Waals surface area contributed by atoms with Gasteiger partial charge in [0, 0.05) is 18.3 Å². The van der Waals surface area contributed by atoms with Crippen LogP contribution in [0.2, 0.25) is 0 Å². The lowest BCUT2D eigenvalue weighted by Crippen LogP contribution is -2.47. The van der Waals surface area contributed by atoms with Gasteiger partial charge >= 0.3 is 12.0 Å². The van der Waals surface area contributed by atoms with E-state index in [0.717, 1.165) is 16.8 Å². The number of aliphatic carboxylic acids is 1. The normalized spacial score (nSPS) is 22.0. The molecular weight excluding hydrogens is 268 g/mol. The van der Waals surface area contributed by atoms with E-state index in [4.69, 9.17) is 5.11 Å². The summed E-state index contributed by atoms with van der Waals surface area (Å²) in [6.45, 7) is 6.32. The molecule has 2 amide bonds. The maximum atomic E-state index is 12.4. The molecule has 0 saturated carbocycles. The summed E-state index contributed by atoms with van der Waals surface area (Å²) >= 11 is 0. The number of amides is 2. The maximum absolute atomic E-state index is 12.4. The number of rotatable bonds is 2. The van der Waals surface area contributed by atoms with Crippen LogP contribution in [0.25, 0.3) is 0 Å². The number of hydrogen-bond acceptors (Lipinski definition) is 2. The second-order valence-corrected chi connectivity index (χ2v) is 5.85. The summed E-state index contributed by atoms with van der Waals surface area (Å²) in [5.74, 6) is -1.11. The first-order chi connectivity index (χ1) is 9.88. The lowest BCUT2D eigenvalue weighted by atomic mass is 9.92. The summed E-state index contributed by atoms with van der Waals surface area (Å²) in [6.07, 6.45) is 1.02. The van der Waals surface area contributed by atoms with Crippen molar-refractivity contribution in [3.05, 3.63) is 29.3 Å². The average Bonchev–Trinajstić information content (AvgIpc) is 2.42. The van der Waals surface area contributed by atoms with Crippen LogP contribution in [0, 0.1) is 19.8 Å². The van der Waals surface area contributed by atoms with Crippen molar-refractivity contribution in [2.24, 2.45) is 5.92 Å². The molecule has 5 heteroatoms. The van der Waals surface area contributed by atoms with Crippen LogP contribution in [0.4, 0.5) is 10.5 Å². The number of carbonyl (C=O) groups is 2. The molecule has 2 rings (SSSR count). The van der Waals surface area contributed by atoms with Gasteiger partial charge in [-0.1, -0.05) is 12.1 Å². The molecule has 2 N–H and O–H groups in total. The highest BCUT2D eigenvalue weighted by Gasteiger charge is 2.32. The summed E-state index contributed by atoms with van der Waals surface area (Å²) < 4.78 is 0. The maximum Gasteiger partial charge on any atom is 0.322 e. The van der Waals surface area contributed by atoms with Crippen molar-refractivity contribution in [3.8, 4) is 0 Å². The van der Waals surface area contributed by atoms with Crippen LogP contribution in [0.3, 0.4) is 0 Å². The van der Waals surface area contributed by atoms with Crippen LogP contribution in [0.5, 0.6) is 0 Å². The number of hydrogen-bond donors (Lipinski definition) is 2. The second-order valence-electron chi connectivity index (χ2n) is 5.85. The topological polar surface area (TPSA) is 69.6 Å². The van der Waals surface area contributed by atoms with E-state index in [1.165, 1.54) is 0 Å². The molecule has 1 heterocycles. The SMILES string of the molecule is Cc1ccc(C)c(NC(=O)N2CCC(C(=O)O)CC2C)c1. The Hall–Kier alpha value is -2.04. The number of carboxylic acid groups (broad SMARTS) is 1. The third kappa shape index (κ3) is 3.54. The zero-order chi connectivity index (χ0) is 15.6. The highest BCUT2D eigenvalue weighted by Crippen LogP contribution is 2.24. The van der Waals surface area contributed by atoms with Gasteiger partial charge < -0.3 is 15.3 Å². The molecule has 0 aliphatic carbocycles. The van der Waals surface area contributed by atoms with Gasteiger partial charge in [-0.15, -0.1) is 0 Å². The van der Waals surface area contributed by atoms with Gasteiger partial charge in [0.25, 0.3) is 0 Å². The van der Waals surface area contributed by atoms with Crippen molar-refractivity contribution < 1.29 is 14.7 Å². The lowest BCUT2D eigenvalue weighted by Gasteiger charge is -2.36. The highest BCUT2D eigenvalue weighted by atomic mass is 16.4. The van der Waals surface area contributed by atoms with Gasteiger partial charge in [0.2, 0.25) is 0 Å². The lowest BCUT2D eigenvalue weighted by molar-refractivity contribution is -0.143. The molecule has 21 heavy (non-hydrogen) atoms. The van der Waals surface area contributed by atoms with Gasteiger partial charge in [-0.3, -0.25) is 4.79 Å². The first-order valence-corrected chi connectivity index (χ1v) is 7.26. The monoisotopic (exact) mass is 290 g/mol. The Morgan fingerprint density at radius 1 is 1.33 bits per heavy atom. The number of nitrogens with one attached hydrogen (secondary N) is 1. The van der Waals surface area contributed by atoms with Gasteiger partial charge in [-0.2, -0.15) is 0 Å². The van der Waals surface area contributed by atoms with Crippen molar-refractivity contribution in [3.63, 3.8) is 0 Å². The Morgan fingerprint density at radius 3 is 2.67 bits per heavy atom. The molecule has 1 aliphatic heterocycles. The summed E-state index contributed by atoms with van der Waals surface area (Å²) in [7, 11) is 0. The van der Waals surface area contributed by atoms with Crippen molar-refractivity contribution in [2.75, 3.05) is 11.9 Å². The number of urea groups is 1. The molecule has 114 valence electrons. The minimum atomic E-state index is -0.767. The molecule has 1 aliphatic rings. The zero-order valence-corrected chi connectivity index (χ0v) is 12.7. The third-order valence-electron chi connectivity index (χ3n) is 4.12. The van der Waals surface area contributed by atoms with E-state index < -0.39 is 5.97 Å². The van der Waals surface area contributed by atoms with E-state index >= 15 is 0 Å². The van der Waals surface area contributed by atoms with Gasteiger partial charge in [-0.05, 0) is 50.8 Å². The summed E-state index contributed by atoms with van der Waals surface area (Å²) in [6, 6.07) is 5.71. The fourth-order valence-electron chi connectivity index (χ4n) is 2.76. The van der Waals surface area contributed by atoms with Crippen molar-refractivity contribution in [1.29, 1.82) is 0 Å². The smallest absolute Gasteiger partial charge is 0.322 e. The van der Waals surface area contributed by atoms with E-state index in [1.54, 1.807) is 4.90 Å². The number of likely N-dealkylation sites (tertiary alicyclic amines) is 1. The zero-order valence-electron chi connectivity index (χ0n) is 12.7. The molecule has 0 aromatic heterocycles. The van der Waals surface area contributed by atoms with Gasteiger partial charge in [0.05, 0.1) is 5.92 Å². The standard InChI is InChI=1S/C16H22N2O3/c1-10-4-5-11(2)14(8-10)17-16(21)18-7-6-13(15(19)20)9-12(18)3/h4-5,8,12-13H,6-7,9H2,1-3H3,(H,17,21)(H,19,20). The van der Waals surface area contributed by atoms with Gasteiger partial charge in [-0.25, -0.2) is 4.79 Å². The number of carbonyl (C=O) groups excluding carboxylic acids is 1. The molecule has 1 aromatic rings. The van der Waals surface area contributed by atoms with E-state index in [1.807, 2.05) is 39.0 Å². The Balaban J connectivity index is 2.04. The number of benzene rings is 1. The van der Waals surface area contributed by atoms with E-state index in [9.17, 15) is 9.59 Å². The first kappa shape index (κ1) is 15.4. The third-order valence-corrected chi connectivity index (χ3v) is 4.12. The molecule has 1 aromatic carbocycles. The molecule has 0 bridgehead atoms. The number of aryl methyl sites for hydroxylation is 2. The Labute approximate surface area is 125 Å². The van der Waals surface area contributed by atoms with Crippen molar-refractivity contribution in [2.45, 2.75) is 39.7 Å². The van der Waals surface area contributed by atoms with Gasteiger partial charge in [0.1, 0.15) is 0 Å². The Morgan fingerprint density at radius 2 is 2.05 bits per heavy atom. The fourth-order valence-corrected chi connectivity index (χ4v) is 2.76.